The maximum Gasteiger partial charge on any atom is 0.417 e. The summed E-state index contributed by atoms with van der Waals surface area (Å²) in [6, 6.07) is 7.40. The fraction of sp³-hybridized carbons (Fsp3) is 0.286. The van der Waals surface area contributed by atoms with Crippen LogP contribution in [-0.4, -0.2) is 43.0 Å². The van der Waals surface area contributed by atoms with E-state index in [-0.39, 0.29) is 35.7 Å². The van der Waals surface area contributed by atoms with Gasteiger partial charge in [-0.25, -0.2) is 0 Å². The Bertz CT molecular complexity index is 996. The van der Waals surface area contributed by atoms with Gasteiger partial charge in [0, 0.05) is 11.5 Å². The Hall–Kier alpha value is -3.16. The molecule has 3 rings (SSSR count). The Morgan fingerprint density at radius 1 is 1.16 bits per heavy atom. The van der Waals surface area contributed by atoms with Crippen LogP contribution in [-0.2, 0) is 15.7 Å². The predicted molar refractivity (Wildman–Crippen MR) is 99.1 cm³/mol. The molecule has 0 bridgehead atoms. The van der Waals surface area contributed by atoms with Crippen molar-refractivity contribution in [1.29, 1.82) is 0 Å². The van der Waals surface area contributed by atoms with Crippen molar-refractivity contribution in [2.45, 2.75) is 24.9 Å². The largest absolute Gasteiger partial charge is 0.435 e. The van der Waals surface area contributed by atoms with Gasteiger partial charge in [0.2, 0.25) is 0 Å². The number of benzene rings is 2. The van der Waals surface area contributed by atoms with Crippen molar-refractivity contribution in [3.05, 3.63) is 53.6 Å². The van der Waals surface area contributed by atoms with E-state index in [1.807, 2.05) is 0 Å². The second-order valence-corrected chi connectivity index (χ2v) is 6.60. The number of hydrogen-bond acceptors (Lipinski definition) is 4. The van der Waals surface area contributed by atoms with Gasteiger partial charge in [-0.1, -0.05) is 24.1 Å². The highest BCUT2D eigenvalue weighted by molar-refractivity contribution is 5.94. The third-order valence-corrected chi connectivity index (χ3v) is 4.40. The van der Waals surface area contributed by atoms with Gasteiger partial charge in [0.25, 0.3) is 5.91 Å². The second kappa shape index (κ2) is 9.32. The smallest absolute Gasteiger partial charge is 0.417 e. The molecule has 2 aromatic rings. The first-order valence-corrected chi connectivity index (χ1v) is 8.98. The average molecular weight is 441 g/mol. The molecule has 0 spiro atoms. The number of carbonyl (C=O) groups is 1. The van der Waals surface area contributed by atoms with Crippen molar-refractivity contribution in [2.75, 3.05) is 13.2 Å². The molecule has 1 saturated heterocycles. The van der Waals surface area contributed by atoms with E-state index in [1.54, 1.807) is 0 Å². The number of rotatable bonds is 4. The van der Waals surface area contributed by atoms with Gasteiger partial charge in [0.05, 0.1) is 30.9 Å². The number of halogens is 5. The van der Waals surface area contributed by atoms with E-state index < -0.39 is 36.4 Å². The van der Waals surface area contributed by atoms with Crippen molar-refractivity contribution in [3.8, 4) is 28.7 Å². The molecule has 1 amide bonds. The van der Waals surface area contributed by atoms with Gasteiger partial charge in [-0.3, -0.25) is 4.79 Å². The summed E-state index contributed by atoms with van der Waals surface area (Å²) in [7, 11) is 0. The maximum absolute atomic E-state index is 13.6. The summed E-state index contributed by atoms with van der Waals surface area (Å²) in [6.07, 6.45) is -5.60. The molecule has 2 aromatic carbocycles. The Kier molecular flexibility index (Phi) is 6.77. The van der Waals surface area contributed by atoms with Gasteiger partial charge in [-0.2, -0.15) is 22.0 Å². The fourth-order valence-electron chi connectivity index (χ4n) is 2.94. The minimum atomic E-state index is -4.72. The second-order valence-electron chi connectivity index (χ2n) is 6.60. The third kappa shape index (κ3) is 5.93. The summed E-state index contributed by atoms with van der Waals surface area (Å²) in [5.41, 5.74) is -1.09. The summed E-state index contributed by atoms with van der Waals surface area (Å²) in [5.74, 6) is 3.61. The van der Waals surface area contributed by atoms with E-state index in [9.17, 15) is 31.9 Å². The van der Waals surface area contributed by atoms with Crippen molar-refractivity contribution in [3.63, 3.8) is 0 Å². The number of aliphatic hydroxyl groups is 1. The van der Waals surface area contributed by atoms with E-state index in [4.69, 9.17) is 4.74 Å². The minimum absolute atomic E-state index is 0.0490. The van der Waals surface area contributed by atoms with Crippen LogP contribution in [0.2, 0.25) is 0 Å². The highest BCUT2D eigenvalue weighted by Gasteiger charge is 2.34. The summed E-state index contributed by atoms with van der Waals surface area (Å²) >= 11 is 0. The Labute approximate surface area is 173 Å². The van der Waals surface area contributed by atoms with E-state index in [2.05, 4.69) is 21.9 Å². The molecular weight excluding hydrogens is 425 g/mol. The normalized spacial score (nSPS) is 18.4. The zero-order chi connectivity index (χ0) is 22.6. The lowest BCUT2D eigenvalue weighted by atomic mass is 9.97. The number of hydrogen-bond donors (Lipinski definition) is 2. The van der Waals surface area contributed by atoms with Crippen LogP contribution < -0.4 is 10.1 Å². The number of carbonyl (C=O) groups excluding carboxylic acids is 1. The van der Waals surface area contributed by atoms with Crippen LogP contribution in [0.3, 0.4) is 0 Å². The number of ether oxygens (including phenoxy) is 2. The van der Waals surface area contributed by atoms with Crippen LogP contribution >= 0.6 is 0 Å². The lowest BCUT2D eigenvalue weighted by molar-refractivity contribution is -0.137. The molecule has 1 aliphatic heterocycles. The molecule has 0 unspecified atom stereocenters. The monoisotopic (exact) mass is 441 g/mol. The Balaban J connectivity index is 1.83. The van der Waals surface area contributed by atoms with E-state index in [0.29, 0.717) is 0 Å². The molecule has 1 aliphatic rings. The minimum Gasteiger partial charge on any atom is -0.435 e. The molecule has 1 fully saturated rings. The molecule has 31 heavy (non-hydrogen) atoms. The molecule has 5 nitrogen and oxygen atoms in total. The first-order chi connectivity index (χ1) is 14.6. The van der Waals surface area contributed by atoms with Gasteiger partial charge in [-0.05, 0) is 35.4 Å². The van der Waals surface area contributed by atoms with Crippen molar-refractivity contribution in [1.82, 2.24) is 5.32 Å². The van der Waals surface area contributed by atoms with Gasteiger partial charge < -0.3 is 19.9 Å². The van der Waals surface area contributed by atoms with Gasteiger partial charge >= 0.3 is 12.8 Å². The van der Waals surface area contributed by atoms with Gasteiger partial charge in [0.15, 0.2) is 0 Å². The van der Waals surface area contributed by atoms with Crippen molar-refractivity contribution < 1.29 is 41.3 Å². The average Bonchev–Trinajstić information content (AvgIpc) is 3.10. The predicted octanol–water partition coefficient (Wildman–Crippen LogP) is 3.20. The van der Waals surface area contributed by atoms with Crippen molar-refractivity contribution >= 4 is 5.91 Å². The van der Waals surface area contributed by atoms with Crippen LogP contribution in [0, 0.1) is 11.8 Å². The first kappa shape index (κ1) is 22.5. The zero-order valence-electron chi connectivity index (χ0n) is 15.7. The number of nitrogens with one attached hydrogen (secondary N) is 1. The molecule has 0 radical (unpaired) electrons. The quantitative estimate of drug-likeness (QED) is 0.565. The standard InChI is InChI=1S/C21H16F5NO4/c22-20(23)31-14-5-3-13(4-6-14)15-7-1-12(9-16(15)21(24,25)26)2-8-19(29)27-17-10-30-11-18(17)28/h1,3-7,9,17-18,20,28H,10-11H2,(H,27,29)/t17-,18-/m1/s1. The molecule has 10 heteroatoms. The van der Waals surface area contributed by atoms with Crippen LogP contribution in [0.5, 0.6) is 5.75 Å². The van der Waals surface area contributed by atoms with Gasteiger partial charge in [0.1, 0.15) is 5.75 Å². The summed E-state index contributed by atoms with van der Waals surface area (Å²) < 4.78 is 74.4. The van der Waals surface area contributed by atoms with E-state index in [0.717, 1.165) is 18.2 Å². The molecule has 0 saturated carbocycles. The van der Waals surface area contributed by atoms with E-state index in [1.165, 1.54) is 24.3 Å². The van der Waals surface area contributed by atoms with Crippen LogP contribution in [0.15, 0.2) is 42.5 Å². The Morgan fingerprint density at radius 2 is 1.87 bits per heavy atom. The van der Waals surface area contributed by atoms with Crippen LogP contribution in [0.4, 0.5) is 22.0 Å². The molecular formula is C21H16F5NO4. The molecule has 0 aromatic heterocycles. The number of alkyl halides is 5. The fourth-order valence-corrected chi connectivity index (χ4v) is 2.94. The molecule has 164 valence electrons. The zero-order valence-corrected chi connectivity index (χ0v) is 15.7. The number of aliphatic hydroxyl groups excluding tert-OH is 1. The van der Waals surface area contributed by atoms with Crippen molar-refractivity contribution in [2.24, 2.45) is 0 Å². The molecule has 1 heterocycles. The summed E-state index contributed by atoms with van der Waals surface area (Å²) in [5, 5.41) is 12.0. The highest BCUT2D eigenvalue weighted by Crippen LogP contribution is 2.38. The molecule has 2 atom stereocenters. The highest BCUT2D eigenvalue weighted by atomic mass is 19.4. The lowest BCUT2D eigenvalue weighted by Crippen LogP contribution is -2.41. The summed E-state index contributed by atoms with van der Waals surface area (Å²) in [6.45, 7) is -2.86. The molecule has 2 N–H and O–H groups in total. The van der Waals surface area contributed by atoms with Gasteiger partial charge in [-0.15, -0.1) is 0 Å². The van der Waals surface area contributed by atoms with Crippen LogP contribution in [0.1, 0.15) is 11.1 Å². The summed E-state index contributed by atoms with van der Waals surface area (Å²) in [4.78, 5) is 11.9. The SMILES string of the molecule is O=C(C#Cc1ccc(-c2ccc(OC(F)F)cc2)c(C(F)(F)F)c1)N[C@@H]1COC[C@H]1O. The van der Waals surface area contributed by atoms with Crippen LogP contribution in [0.25, 0.3) is 11.1 Å². The number of amides is 1. The first-order valence-electron chi connectivity index (χ1n) is 8.98. The maximum atomic E-state index is 13.6. The topological polar surface area (TPSA) is 67.8 Å². The lowest BCUT2D eigenvalue weighted by Gasteiger charge is -2.14. The molecule has 0 aliphatic carbocycles. The van der Waals surface area contributed by atoms with E-state index >= 15 is 0 Å². The Morgan fingerprint density at radius 3 is 2.45 bits per heavy atom. The third-order valence-electron chi connectivity index (χ3n) is 4.40.